The molecular formula is C43H55N5O5S. The van der Waals surface area contributed by atoms with Gasteiger partial charge in [0.05, 0.1) is 24.3 Å². The lowest BCUT2D eigenvalue weighted by molar-refractivity contribution is -0.141. The number of nitrogens with zero attached hydrogens (tertiary/aromatic N) is 2. The first-order valence-electron chi connectivity index (χ1n) is 19.6. The van der Waals surface area contributed by atoms with Crippen molar-refractivity contribution in [2.45, 2.75) is 101 Å². The van der Waals surface area contributed by atoms with Crippen LogP contribution in [0.15, 0.2) is 84.9 Å². The molecule has 0 unspecified atom stereocenters. The van der Waals surface area contributed by atoms with Crippen LogP contribution < -0.4 is 26.0 Å². The highest BCUT2D eigenvalue weighted by Crippen LogP contribution is 2.34. The zero-order valence-electron chi connectivity index (χ0n) is 31.4. The third kappa shape index (κ3) is 10.0. The van der Waals surface area contributed by atoms with Crippen LogP contribution in [0.3, 0.4) is 0 Å². The molecule has 3 aromatic rings. The third-order valence-electron chi connectivity index (χ3n) is 11.1. The van der Waals surface area contributed by atoms with Gasteiger partial charge < -0.3 is 30.9 Å². The number of hydrogen-bond acceptors (Lipinski definition) is 7. The van der Waals surface area contributed by atoms with Gasteiger partial charge in [-0.05, 0) is 106 Å². The quantitative estimate of drug-likeness (QED) is 0.189. The van der Waals surface area contributed by atoms with E-state index in [9.17, 15) is 19.2 Å². The lowest BCUT2D eigenvalue weighted by atomic mass is 9.87. The van der Waals surface area contributed by atoms with Crippen molar-refractivity contribution in [2.24, 2.45) is 17.6 Å². The van der Waals surface area contributed by atoms with E-state index in [1.165, 1.54) is 0 Å². The van der Waals surface area contributed by atoms with Crippen molar-refractivity contribution in [3.8, 4) is 5.75 Å². The molecule has 54 heavy (non-hydrogen) atoms. The summed E-state index contributed by atoms with van der Waals surface area (Å²) in [5.74, 6) is -0.112. The Labute approximate surface area is 323 Å². The molecule has 0 aliphatic carbocycles. The molecule has 6 atom stereocenters. The standard InChI is InChI=1S/C43H55N5O5S/c1-53-37-19-9-8-18-36(37)47-27-11-10-17-34(42(47)51)45-40(49)32(23-22-30-13-4-2-5-14-30)24-25-33(29-31-15-6-3-7-16-31)41(50)46-35-26-28-54-39-21-12-20-38(44)48(39)43(35)52/h2-9,13-16,18-19,32-35,38-39H,10-12,17,20-29,44H2,1H3,(H,45,49)(H,46,50)/t32-,33+,34-,35-,38-,39-/m0/s1. The fourth-order valence-corrected chi connectivity index (χ4v) is 9.48. The highest BCUT2D eigenvalue weighted by atomic mass is 32.2. The molecule has 3 heterocycles. The van der Waals surface area contributed by atoms with Gasteiger partial charge in [0.25, 0.3) is 0 Å². The number of carbonyl (C=O) groups is 4. The van der Waals surface area contributed by atoms with E-state index in [2.05, 4.69) is 22.8 Å². The molecular weight excluding hydrogens is 699 g/mol. The summed E-state index contributed by atoms with van der Waals surface area (Å²) < 4.78 is 5.58. The highest BCUT2D eigenvalue weighted by Gasteiger charge is 2.40. The van der Waals surface area contributed by atoms with Crippen molar-refractivity contribution in [1.82, 2.24) is 15.5 Å². The van der Waals surface area contributed by atoms with E-state index in [-0.39, 0.29) is 35.2 Å². The molecule has 3 saturated heterocycles. The summed E-state index contributed by atoms with van der Waals surface area (Å²) in [6, 6.07) is 26.1. The van der Waals surface area contributed by atoms with Gasteiger partial charge in [0.1, 0.15) is 17.8 Å². The molecule has 6 rings (SSSR count). The highest BCUT2D eigenvalue weighted by molar-refractivity contribution is 7.99. The minimum absolute atomic E-state index is 0.0503. The van der Waals surface area contributed by atoms with Crippen molar-refractivity contribution in [3.05, 3.63) is 96.1 Å². The minimum atomic E-state index is -0.670. The Kier molecular flexibility index (Phi) is 14.1. The van der Waals surface area contributed by atoms with E-state index in [0.29, 0.717) is 62.9 Å². The van der Waals surface area contributed by atoms with Crippen molar-refractivity contribution in [2.75, 3.05) is 24.3 Å². The summed E-state index contributed by atoms with van der Waals surface area (Å²) in [5.41, 5.74) is 9.27. The van der Waals surface area contributed by atoms with Crippen molar-refractivity contribution < 1.29 is 23.9 Å². The van der Waals surface area contributed by atoms with E-state index in [4.69, 9.17) is 10.5 Å². The van der Waals surface area contributed by atoms with Gasteiger partial charge >= 0.3 is 0 Å². The molecule has 11 heteroatoms. The number of rotatable bonds is 14. The number of anilines is 1. The molecule has 4 amide bonds. The maximum absolute atomic E-state index is 14.3. The predicted molar refractivity (Wildman–Crippen MR) is 214 cm³/mol. The van der Waals surface area contributed by atoms with Crippen LogP contribution in [0, 0.1) is 11.8 Å². The number of ether oxygens (including phenoxy) is 1. The molecule has 0 spiro atoms. The Morgan fingerprint density at radius 1 is 0.759 bits per heavy atom. The molecule has 10 nitrogen and oxygen atoms in total. The number of para-hydroxylation sites is 2. The lowest BCUT2D eigenvalue weighted by Gasteiger charge is -2.39. The monoisotopic (exact) mass is 753 g/mol. The van der Waals surface area contributed by atoms with Gasteiger partial charge in [0, 0.05) is 18.4 Å². The number of aryl methyl sites for hydroxylation is 1. The number of nitrogens with one attached hydrogen (secondary N) is 2. The molecule has 3 aliphatic heterocycles. The summed E-state index contributed by atoms with van der Waals surface area (Å²) in [4.78, 5) is 59.9. The number of methoxy groups -OCH3 is 1. The average molecular weight is 754 g/mol. The fourth-order valence-electron chi connectivity index (χ4n) is 8.09. The maximum atomic E-state index is 14.3. The number of benzene rings is 3. The van der Waals surface area contributed by atoms with Crippen LogP contribution in [0.1, 0.15) is 75.3 Å². The van der Waals surface area contributed by atoms with E-state index in [1.807, 2.05) is 72.8 Å². The van der Waals surface area contributed by atoms with Crippen LogP contribution in [-0.2, 0) is 32.0 Å². The van der Waals surface area contributed by atoms with E-state index in [0.717, 1.165) is 49.0 Å². The molecule has 288 valence electrons. The number of amides is 4. The Morgan fingerprint density at radius 2 is 1.41 bits per heavy atom. The predicted octanol–water partition coefficient (Wildman–Crippen LogP) is 5.83. The molecule has 0 bridgehead atoms. The first kappa shape index (κ1) is 39.3. The Hall–Kier alpha value is -4.35. The average Bonchev–Trinajstić information content (AvgIpc) is 3.47. The summed E-state index contributed by atoms with van der Waals surface area (Å²) in [7, 11) is 1.59. The number of piperidine rings is 1. The summed E-state index contributed by atoms with van der Waals surface area (Å²) in [6.07, 6.45) is 7.69. The SMILES string of the molecule is COc1ccccc1N1CCCC[C@H](NC(=O)[C@@H](CCc2ccccc2)CC[C@H](Cc2ccccc2)C(=O)N[C@H]2CCS[C@H]3CCC[C@@H](N)N3C2=O)C1=O. The van der Waals surface area contributed by atoms with Crippen LogP contribution in [0.5, 0.6) is 5.75 Å². The normalized spacial score (nSPS) is 23.0. The summed E-state index contributed by atoms with van der Waals surface area (Å²) in [5, 5.41) is 6.35. The molecule has 3 aliphatic rings. The van der Waals surface area contributed by atoms with E-state index in [1.54, 1.807) is 28.7 Å². The van der Waals surface area contributed by atoms with E-state index >= 15 is 0 Å². The van der Waals surface area contributed by atoms with Crippen LogP contribution in [0.4, 0.5) is 5.69 Å². The molecule has 4 N–H and O–H groups in total. The second kappa shape index (κ2) is 19.3. The van der Waals surface area contributed by atoms with Crippen LogP contribution in [0.2, 0.25) is 0 Å². The second-order valence-corrected chi connectivity index (χ2v) is 16.1. The lowest BCUT2D eigenvalue weighted by Crippen LogP contribution is -2.58. The van der Waals surface area contributed by atoms with Gasteiger partial charge in [-0.15, -0.1) is 11.8 Å². The number of nitrogens with two attached hydrogens (primary N) is 1. The van der Waals surface area contributed by atoms with Crippen LogP contribution in [-0.4, -0.2) is 71.6 Å². The molecule has 3 fully saturated rings. The van der Waals surface area contributed by atoms with Crippen molar-refractivity contribution >= 4 is 41.1 Å². The zero-order chi connectivity index (χ0) is 37.9. The first-order valence-corrected chi connectivity index (χ1v) is 20.7. The molecule has 3 aromatic carbocycles. The number of thioether (sulfide) groups is 1. The van der Waals surface area contributed by atoms with E-state index < -0.39 is 23.9 Å². The van der Waals surface area contributed by atoms with Gasteiger partial charge in [-0.2, -0.15) is 0 Å². The summed E-state index contributed by atoms with van der Waals surface area (Å²) in [6.45, 7) is 0.547. The molecule has 0 saturated carbocycles. The third-order valence-corrected chi connectivity index (χ3v) is 12.5. The smallest absolute Gasteiger partial charge is 0.249 e. The van der Waals surface area contributed by atoms with Crippen molar-refractivity contribution in [3.63, 3.8) is 0 Å². The number of carbonyl (C=O) groups excluding carboxylic acids is 4. The Balaban J connectivity index is 1.19. The van der Waals surface area contributed by atoms with Gasteiger partial charge in [-0.1, -0.05) is 72.8 Å². The molecule has 0 radical (unpaired) electrons. The molecule has 0 aromatic heterocycles. The van der Waals surface area contributed by atoms with Crippen LogP contribution in [0.25, 0.3) is 0 Å². The van der Waals surface area contributed by atoms with Crippen molar-refractivity contribution in [1.29, 1.82) is 0 Å². The second-order valence-electron chi connectivity index (χ2n) is 14.8. The number of fused-ring (bicyclic) bond motifs is 1. The topological polar surface area (TPSA) is 134 Å². The first-order chi connectivity index (χ1) is 26.3. The van der Waals surface area contributed by atoms with Gasteiger partial charge in [0.15, 0.2) is 0 Å². The zero-order valence-corrected chi connectivity index (χ0v) is 32.2. The Morgan fingerprint density at radius 3 is 2.15 bits per heavy atom. The van der Waals surface area contributed by atoms with Crippen LogP contribution >= 0.6 is 11.8 Å². The van der Waals surface area contributed by atoms with Gasteiger partial charge in [-0.3, -0.25) is 19.2 Å². The van der Waals surface area contributed by atoms with Gasteiger partial charge in [-0.25, -0.2) is 0 Å². The van der Waals surface area contributed by atoms with Gasteiger partial charge in [0.2, 0.25) is 23.6 Å². The maximum Gasteiger partial charge on any atom is 0.249 e. The largest absolute Gasteiger partial charge is 0.495 e. The number of hydrogen-bond donors (Lipinski definition) is 3. The minimum Gasteiger partial charge on any atom is -0.495 e. The summed E-state index contributed by atoms with van der Waals surface area (Å²) >= 11 is 1.75. The fraction of sp³-hybridized carbons (Fsp3) is 0.488. The Bertz CT molecular complexity index is 1710.